The summed E-state index contributed by atoms with van der Waals surface area (Å²) in [5.74, 6) is 0.694. The summed E-state index contributed by atoms with van der Waals surface area (Å²) < 4.78 is 0. The monoisotopic (exact) mass is 261 g/mol. The molecule has 0 heterocycles. The van der Waals surface area contributed by atoms with Gasteiger partial charge in [0.15, 0.2) is 0 Å². The standard InChI is InChI=1S/C17H27NO/c1-13-10-17(2,3)11-16(13)18-15(12-19)9-14-7-5-4-6-8-14/h4-8,13,15-16,18-19H,9-12H2,1-3H3. The second-order valence-electron chi connectivity index (χ2n) is 6.89. The summed E-state index contributed by atoms with van der Waals surface area (Å²) in [6.07, 6.45) is 3.38. The molecule has 0 spiro atoms. The Labute approximate surface area is 117 Å². The van der Waals surface area contributed by atoms with Gasteiger partial charge in [0.05, 0.1) is 6.61 Å². The molecule has 1 saturated carbocycles. The Morgan fingerprint density at radius 1 is 1.26 bits per heavy atom. The van der Waals surface area contributed by atoms with Crippen LogP contribution in [0.2, 0.25) is 0 Å². The molecule has 106 valence electrons. The summed E-state index contributed by atoms with van der Waals surface area (Å²) in [7, 11) is 0. The van der Waals surface area contributed by atoms with E-state index in [0.29, 0.717) is 17.4 Å². The van der Waals surface area contributed by atoms with Crippen LogP contribution in [0.3, 0.4) is 0 Å². The molecule has 0 amide bonds. The van der Waals surface area contributed by atoms with Crippen molar-refractivity contribution in [1.82, 2.24) is 5.32 Å². The molecule has 1 fully saturated rings. The van der Waals surface area contributed by atoms with Gasteiger partial charge in [-0.3, -0.25) is 0 Å². The lowest BCUT2D eigenvalue weighted by Gasteiger charge is -2.25. The Morgan fingerprint density at radius 2 is 1.95 bits per heavy atom. The van der Waals surface area contributed by atoms with E-state index >= 15 is 0 Å². The van der Waals surface area contributed by atoms with Gasteiger partial charge in [-0.25, -0.2) is 0 Å². The van der Waals surface area contributed by atoms with E-state index in [2.05, 4.69) is 50.4 Å². The number of aliphatic hydroxyl groups excluding tert-OH is 1. The fraction of sp³-hybridized carbons (Fsp3) is 0.647. The van der Waals surface area contributed by atoms with Gasteiger partial charge < -0.3 is 10.4 Å². The predicted octanol–water partition coefficient (Wildman–Crippen LogP) is 3.00. The van der Waals surface area contributed by atoms with Crippen molar-refractivity contribution in [3.05, 3.63) is 35.9 Å². The van der Waals surface area contributed by atoms with Crippen LogP contribution in [0.1, 0.15) is 39.2 Å². The zero-order chi connectivity index (χ0) is 13.9. The van der Waals surface area contributed by atoms with E-state index in [4.69, 9.17) is 0 Å². The van der Waals surface area contributed by atoms with E-state index in [1.807, 2.05) is 6.07 Å². The number of nitrogens with one attached hydrogen (secondary N) is 1. The van der Waals surface area contributed by atoms with Gasteiger partial charge in [0.25, 0.3) is 0 Å². The summed E-state index contributed by atoms with van der Waals surface area (Å²) in [5, 5.41) is 13.3. The van der Waals surface area contributed by atoms with E-state index in [9.17, 15) is 5.11 Å². The molecular formula is C17H27NO. The topological polar surface area (TPSA) is 32.3 Å². The molecule has 0 saturated heterocycles. The van der Waals surface area contributed by atoms with Crippen LogP contribution in [0.25, 0.3) is 0 Å². The number of rotatable bonds is 5. The first-order chi connectivity index (χ1) is 9.00. The van der Waals surface area contributed by atoms with Crippen molar-refractivity contribution in [1.29, 1.82) is 0 Å². The summed E-state index contributed by atoms with van der Waals surface area (Å²) in [6.45, 7) is 7.22. The van der Waals surface area contributed by atoms with Crippen LogP contribution in [-0.2, 0) is 6.42 Å². The molecule has 0 bridgehead atoms. The number of hydrogen-bond acceptors (Lipinski definition) is 2. The van der Waals surface area contributed by atoms with Gasteiger partial charge in [0, 0.05) is 12.1 Å². The molecule has 2 nitrogen and oxygen atoms in total. The highest BCUT2D eigenvalue weighted by molar-refractivity contribution is 5.16. The van der Waals surface area contributed by atoms with Crippen molar-refractivity contribution in [3.8, 4) is 0 Å². The normalized spacial score (nSPS) is 27.4. The minimum absolute atomic E-state index is 0.170. The maximum Gasteiger partial charge on any atom is 0.0587 e. The summed E-state index contributed by atoms with van der Waals surface area (Å²) >= 11 is 0. The lowest BCUT2D eigenvalue weighted by molar-refractivity contribution is 0.220. The Kier molecular flexibility index (Phi) is 4.64. The highest BCUT2D eigenvalue weighted by atomic mass is 16.3. The van der Waals surface area contributed by atoms with Gasteiger partial charge in [-0.1, -0.05) is 51.1 Å². The van der Waals surface area contributed by atoms with E-state index in [0.717, 1.165) is 6.42 Å². The molecule has 2 heteroatoms. The predicted molar refractivity (Wildman–Crippen MR) is 80.1 cm³/mol. The van der Waals surface area contributed by atoms with Crippen molar-refractivity contribution in [3.63, 3.8) is 0 Å². The third kappa shape index (κ3) is 4.05. The SMILES string of the molecule is CC1CC(C)(C)CC1NC(CO)Cc1ccccc1. The number of aliphatic hydroxyl groups is 1. The maximum absolute atomic E-state index is 9.60. The zero-order valence-corrected chi connectivity index (χ0v) is 12.4. The van der Waals surface area contributed by atoms with Gasteiger partial charge >= 0.3 is 0 Å². The Balaban J connectivity index is 1.93. The van der Waals surface area contributed by atoms with Crippen molar-refractivity contribution in [2.75, 3.05) is 6.61 Å². The third-order valence-electron chi connectivity index (χ3n) is 4.33. The van der Waals surface area contributed by atoms with Crippen LogP contribution in [0, 0.1) is 11.3 Å². The van der Waals surface area contributed by atoms with Crippen LogP contribution in [0.4, 0.5) is 0 Å². The molecule has 1 aliphatic rings. The van der Waals surface area contributed by atoms with Crippen LogP contribution < -0.4 is 5.32 Å². The highest BCUT2D eigenvalue weighted by Crippen LogP contribution is 2.41. The minimum atomic E-state index is 0.170. The molecule has 1 aromatic carbocycles. The molecule has 2 rings (SSSR count). The highest BCUT2D eigenvalue weighted by Gasteiger charge is 2.37. The first-order valence-corrected chi connectivity index (χ1v) is 7.41. The molecule has 1 aromatic rings. The number of benzene rings is 1. The molecule has 0 aromatic heterocycles. The fourth-order valence-electron chi connectivity index (χ4n) is 3.49. The largest absolute Gasteiger partial charge is 0.395 e. The van der Waals surface area contributed by atoms with Crippen molar-refractivity contribution < 1.29 is 5.11 Å². The van der Waals surface area contributed by atoms with Crippen LogP contribution in [-0.4, -0.2) is 23.8 Å². The lowest BCUT2D eigenvalue weighted by atomic mass is 9.91. The van der Waals surface area contributed by atoms with Gasteiger partial charge in [-0.15, -0.1) is 0 Å². The number of hydrogen-bond donors (Lipinski definition) is 2. The second kappa shape index (κ2) is 6.06. The molecule has 3 unspecified atom stereocenters. The average Bonchev–Trinajstić information content (AvgIpc) is 2.62. The van der Waals surface area contributed by atoms with E-state index in [-0.39, 0.29) is 12.6 Å². The summed E-state index contributed by atoms with van der Waals surface area (Å²) in [4.78, 5) is 0. The average molecular weight is 261 g/mol. The second-order valence-corrected chi connectivity index (χ2v) is 6.89. The van der Waals surface area contributed by atoms with Crippen molar-refractivity contribution >= 4 is 0 Å². The molecule has 1 aliphatic carbocycles. The Bertz CT molecular complexity index is 388. The molecular weight excluding hydrogens is 234 g/mol. The van der Waals surface area contributed by atoms with Crippen LogP contribution in [0.15, 0.2) is 30.3 Å². The molecule has 19 heavy (non-hydrogen) atoms. The van der Waals surface area contributed by atoms with Gasteiger partial charge in [0.2, 0.25) is 0 Å². The van der Waals surface area contributed by atoms with E-state index in [1.165, 1.54) is 18.4 Å². The minimum Gasteiger partial charge on any atom is -0.395 e. The van der Waals surface area contributed by atoms with Crippen LogP contribution in [0.5, 0.6) is 0 Å². The van der Waals surface area contributed by atoms with Gasteiger partial charge in [-0.05, 0) is 36.2 Å². The summed E-state index contributed by atoms with van der Waals surface area (Å²) in [5.41, 5.74) is 1.73. The molecule has 2 N–H and O–H groups in total. The van der Waals surface area contributed by atoms with E-state index in [1.54, 1.807) is 0 Å². The molecule has 0 radical (unpaired) electrons. The van der Waals surface area contributed by atoms with E-state index < -0.39 is 0 Å². The first-order valence-electron chi connectivity index (χ1n) is 7.41. The zero-order valence-electron chi connectivity index (χ0n) is 12.4. The quantitative estimate of drug-likeness (QED) is 0.854. The first kappa shape index (κ1) is 14.5. The van der Waals surface area contributed by atoms with Crippen molar-refractivity contribution in [2.45, 2.75) is 52.1 Å². The van der Waals surface area contributed by atoms with Crippen LogP contribution >= 0.6 is 0 Å². The Morgan fingerprint density at radius 3 is 2.47 bits per heavy atom. The van der Waals surface area contributed by atoms with Crippen molar-refractivity contribution in [2.24, 2.45) is 11.3 Å². The molecule has 3 atom stereocenters. The lowest BCUT2D eigenvalue weighted by Crippen LogP contribution is -2.43. The third-order valence-corrected chi connectivity index (χ3v) is 4.33. The maximum atomic E-state index is 9.60. The molecule has 0 aliphatic heterocycles. The fourth-order valence-corrected chi connectivity index (χ4v) is 3.49. The Hall–Kier alpha value is -0.860. The van der Waals surface area contributed by atoms with Gasteiger partial charge in [-0.2, -0.15) is 0 Å². The smallest absolute Gasteiger partial charge is 0.0587 e. The summed E-state index contributed by atoms with van der Waals surface area (Å²) in [6, 6.07) is 11.1. The van der Waals surface area contributed by atoms with Gasteiger partial charge in [0.1, 0.15) is 0 Å².